The molecule has 0 aromatic heterocycles. The summed E-state index contributed by atoms with van der Waals surface area (Å²) in [4.78, 5) is 2.37. The standard InChI is InChI=1S/C14H23BrN2/c1-3-9-16-10-6-11-17(2)12-13-7-4-5-8-14(13)15/h4-5,7-8,16H,3,6,9-12H2,1-2H3. The van der Waals surface area contributed by atoms with E-state index < -0.39 is 0 Å². The fraction of sp³-hybridized carbons (Fsp3) is 0.571. The van der Waals surface area contributed by atoms with Crippen molar-refractivity contribution in [2.24, 2.45) is 0 Å². The van der Waals surface area contributed by atoms with E-state index in [0.717, 1.165) is 26.2 Å². The van der Waals surface area contributed by atoms with Gasteiger partial charge in [-0.25, -0.2) is 0 Å². The molecule has 1 rings (SSSR count). The topological polar surface area (TPSA) is 15.3 Å². The normalized spacial score (nSPS) is 11.1. The number of hydrogen-bond acceptors (Lipinski definition) is 2. The van der Waals surface area contributed by atoms with Gasteiger partial charge in [-0.05, 0) is 51.2 Å². The van der Waals surface area contributed by atoms with Crippen molar-refractivity contribution in [1.29, 1.82) is 0 Å². The van der Waals surface area contributed by atoms with Crippen LogP contribution in [0.4, 0.5) is 0 Å². The van der Waals surface area contributed by atoms with E-state index in [-0.39, 0.29) is 0 Å². The third kappa shape index (κ3) is 6.20. The minimum absolute atomic E-state index is 1.01. The lowest BCUT2D eigenvalue weighted by atomic mass is 10.2. The Kier molecular flexibility index (Phi) is 7.49. The Bertz CT molecular complexity index is 315. The summed E-state index contributed by atoms with van der Waals surface area (Å²) in [6.07, 6.45) is 2.42. The van der Waals surface area contributed by atoms with Gasteiger partial charge in [-0.3, -0.25) is 0 Å². The second-order valence-corrected chi connectivity index (χ2v) is 5.29. The summed E-state index contributed by atoms with van der Waals surface area (Å²) >= 11 is 3.59. The second kappa shape index (κ2) is 8.67. The molecule has 0 unspecified atom stereocenters. The van der Waals surface area contributed by atoms with Gasteiger partial charge in [-0.15, -0.1) is 0 Å². The van der Waals surface area contributed by atoms with Crippen LogP contribution in [0.3, 0.4) is 0 Å². The summed E-state index contributed by atoms with van der Waals surface area (Å²) in [5.41, 5.74) is 1.36. The minimum atomic E-state index is 1.01. The minimum Gasteiger partial charge on any atom is -0.317 e. The summed E-state index contributed by atoms with van der Waals surface area (Å²) < 4.78 is 1.20. The van der Waals surface area contributed by atoms with Gasteiger partial charge in [0.25, 0.3) is 0 Å². The molecule has 0 amide bonds. The molecule has 0 spiro atoms. The Labute approximate surface area is 114 Å². The van der Waals surface area contributed by atoms with Crippen LogP contribution in [0.15, 0.2) is 28.7 Å². The molecule has 1 N–H and O–H groups in total. The molecule has 17 heavy (non-hydrogen) atoms. The van der Waals surface area contributed by atoms with Crippen molar-refractivity contribution in [1.82, 2.24) is 10.2 Å². The Balaban J connectivity index is 2.21. The molecule has 0 saturated heterocycles. The predicted molar refractivity (Wildman–Crippen MR) is 78.3 cm³/mol. The quantitative estimate of drug-likeness (QED) is 0.741. The highest BCUT2D eigenvalue weighted by molar-refractivity contribution is 9.10. The highest BCUT2D eigenvalue weighted by Gasteiger charge is 2.02. The van der Waals surface area contributed by atoms with Crippen molar-refractivity contribution >= 4 is 15.9 Å². The van der Waals surface area contributed by atoms with E-state index in [0.29, 0.717) is 0 Å². The molecule has 1 aromatic carbocycles. The van der Waals surface area contributed by atoms with Gasteiger partial charge in [0.2, 0.25) is 0 Å². The third-order valence-electron chi connectivity index (χ3n) is 2.72. The molecule has 3 heteroatoms. The zero-order valence-electron chi connectivity index (χ0n) is 10.9. The van der Waals surface area contributed by atoms with Crippen LogP contribution in [0.5, 0.6) is 0 Å². The van der Waals surface area contributed by atoms with Gasteiger partial charge in [0, 0.05) is 11.0 Å². The molecule has 0 saturated carbocycles. The first-order chi connectivity index (χ1) is 8.24. The summed E-state index contributed by atoms with van der Waals surface area (Å²) in [6, 6.07) is 8.43. The van der Waals surface area contributed by atoms with Crippen molar-refractivity contribution in [3.63, 3.8) is 0 Å². The van der Waals surface area contributed by atoms with Crippen molar-refractivity contribution in [3.05, 3.63) is 34.3 Å². The number of rotatable bonds is 8. The average Bonchev–Trinajstić information content (AvgIpc) is 2.32. The Morgan fingerprint density at radius 2 is 2.00 bits per heavy atom. The van der Waals surface area contributed by atoms with Crippen molar-refractivity contribution in [3.8, 4) is 0 Å². The fourth-order valence-electron chi connectivity index (χ4n) is 1.77. The maximum absolute atomic E-state index is 3.59. The second-order valence-electron chi connectivity index (χ2n) is 4.43. The van der Waals surface area contributed by atoms with Crippen LogP contribution in [-0.2, 0) is 6.54 Å². The summed E-state index contributed by atoms with van der Waals surface area (Å²) in [5, 5.41) is 3.43. The Morgan fingerprint density at radius 1 is 1.24 bits per heavy atom. The van der Waals surface area contributed by atoms with Crippen LogP contribution in [0.25, 0.3) is 0 Å². The van der Waals surface area contributed by atoms with Crippen molar-refractivity contribution in [2.75, 3.05) is 26.7 Å². The zero-order valence-corrected chi connectivity index (χ0v) is 12.5. The summed E-state index contributed by atoms with van der Waals surface area (Å²) in [7, 11) is 2.18. The van der Waals surface area contributed by atoms with Gasteiger partial charge in [0.05, 0.1) is 0 Å². The molecule has 0 aliphatic rings. The van der Waals surface area contributed by atoms with Crippen LogP contribution in [0.2, 0.25) is 0 Å². The van der Waals surface area contributed by atoms with E-state index in [9.17, 15) is 0 Å². The molecule has 0 fully saturated rings. The number of nitrogens with zero attached hydrogens (tertiary/aromatic N) is 1. The molecule has 2 nitrogen and oxygen atoms in total. The maximum Gasteiger partial charge on any atom is 0.0241 e. The smallest absolute Gasteiger partial charge is 0.0241 e. The lowest BCUT2D eigenvalue weighted by molar-refractivity contribution is 0.319. The van der Waals surface area contributed by atoms with Gasteiger partial charge in [0.15, 0.2) is 0 Å². The van der Waals surface area contributed by atoms with Crippen molar-refractivity contribution in [2.45, 2.75) is 26.3 Å². The lowest BCUT2D eigenvalue weighted by Crippen LogP contribution is -2.24. The molecule has 96 valence electrons. The Hall–Kier alpha value is -0.380. The zero-order chi connectivity index (χ0) is 12.5. The highest BCUT2D eigenvalue weighted by atomic mass is 79.9. The first-order valence-corrected chi connectivity index (χ1v) is 7.16. The molecule has 0 aliphatic carbocycles. The van der Waals surface area contributed by atoms with Gasteiger partial charge in [0.1, 0.15) is 0 Å². The fourth-order valence-corrected chi connectivity index (χ4v) is 2.18. The van der Waals surface area contributed by atoms with Gasteiger partial charge in [-0.2, -0.15) is 0 Å². The summed E-state index contributed by atoms with van der Waals surface area (Å²) in [6.45, 7) is 6.60. The predicted octanol–water partition coefficient (Wildman–Crippen LogP) is 3.27. The molecular weight excluding hydrogens is 276 g/mol. The van der Waals surface area contributed by atoms with Gasteiger partial charge in [-0.1, -0.05) is 41.1 Å². The molecule has 0 heterocycles. The van der Waals surface area contributed by atoms with E-state index in [1.54, 1.807) is 0 Å². The first-order valence-electron chi connectivity index (χ1n) is 6.36. The summed E-state index contributed by atoms with van der Waals surface area (Å²) in [5.74, 6) is 0. The van der Waals surface area contributed by atoms with E-state index in [1.807, 2.05) is 0 Å². The van der Waals surface area contributed by atoms with Crippen molar-refractivity contribution < 1.29 is 0 Å². The van der Waals surface area contributed by atoms with Gasteiger partial charge < -0.3 is 10.2 Å². The van der Waals surface area contributed by atoms with Crippen LogP contribution < -0.4 is 5.32 Å². The molecular formula is C14H23BrN2. The molecule has 1 aromatic rings. The van der Waals surface area contributed by atoms with E-state index in [1.165, 1.54) is 22.9 Å². The van der Waals surface area contributed by atoms with Crippen LogP contribution in [-0.4, -0.2) is 31.6 Å². The van der Waals surface area contributed by atoms with Crippen LogP contribution in [0.1, 0.15) is 25.3 Å². The molecule has 0 atom stereocenters. The van der Waals surface area contributed by atoms with E-state index in [4.69, 9.17) is 0 Å². The van der Waals surface area contributed by atoms with E-state index >= 15 is 0 Å². The number of halogens is 1. The average molecular weight is 299 g/mol. The SMILES string of the molecule is CCCNCCCN(C)Cc1ccccc1Br. The largest absolute Gasteiger partial charge is 0.317 e. The van der Waals surface area contributed by atoms with Gasteiger partial charge >= 0.3 is 0 Å². The first kappa shape index (κ1) is 14.7. The number of benzene rings is 1. The lowest BCUT2D eigenvalue weighted by Gasteiger charge is -2.17. The highest BCUT2D eigenvalue weighted by Crippen LogP contribution is 2.17. The number of hydrogen-bond donors (Lipinski definition) is 1. The molecule has 0 bridgehead atoms. The van der Waals surface area contributed by atoms with Crippen LogP contribution in [0, 0.1) is 0 Å². The molecule has 0 aliphatic heterocycles. The Morgan fingerprint density at radius 3 is 2.71 bits per heavy atom. The number of nitrogens with one attached hydrogen (secondary N) is 1. The maximum atomic E-state index is 3.59. The van der Waals surface area contributed by atoms with E-state index in [2.05, 4.69) is 64.4 Å². The third-order valence-corrected chi connectivity index (χ3v) is 3.49. The van der Waals surface area contributed by atoms with Crippen LogP contribution >= 0.6 is 15.9 Å². The monoisotopic (exact) mass is 298 g/mol. The molecule has 0 radical (unpaired) electrons.